The van der Waals surface area contributed by atoms with Gasteiger partial charge in [-0.1, -0.05) is 12.1 Å². The summed E-state index contributed by atoms with van der Waals surface area (Å²) in [5.41, 5.74) is 1.15. The highest BCUT2D eigenvalue weighted by Gasteiger charge is 2.15. The molecule has 0 spiro atoms. The van der Waals surface area contributed by atoms with E-state index < -0.39 is 0 Å². The van der Waals surface area contributed by atoms with E-state index >= 15 is 0 Å². The molecule has 0 atom stereocenters. The molecule has 2 aromatic carbocycles. The zero-order valence-electron chi connectivity index (χ0n) is 14.3. The van der Waals surface area contributed by atoms with Crippen molar-refractivity contribution in [2.24, 2.45) is 0 Å². The fourth-order valence-corrected chi connectivity index (χ4v) is 3.08. The van der Waals surface area contributed by atoms with Gasteiger partial charge in [0.25, 0.3) is 0 Å². The van der Waals surface area contributed by atoms with E-state index in [4.69, 9.17) is 4.74 Å². The largest absolute Gasteiger partial charge is 0.492 e. The Bertz CT molecular complexity index is 646. The third-order valence-corrected chi connectivity index (χ3v) is 4.49. The summed E-state index contributed by atoms with van der Waals surface area (Å²) in [6, 6.07) is 12.9. The first-order valence-electron chi connectivity index (χ1n) is 8.76. The summed E-state index contributed by atoms with van der Waals surface area (Å²) >= 11 is 0. The minimum atomic E-state index is -0.249. The predicted octanol–water partition coefficient (Wildman–Crippen LogP) is 3.55. The van der Waals surface area contributed by atoms with Gasteiger partial charge in [-0.15, -0.1) is 0 Å². The lowest BCUT2D eigenvalue weighted by molar-refractivity contribution is 0.207. The second kappa shape index (κ2) is 8.92. The van der Waals surface area contributed by atoms with Gasteiger partial charge in [0.05, 0.1) is 0 Å². The average Bonchev–Trinajstić information content (AvgIpc) is 2.84. The topological polar surface area (TPSA) is 15.7 Å². The van der Waals surface area contributed by atoms with Gasteiger partial charge in [0, 0.05) is 26.2 Å². The molecule has 0 N–H and O–H groups in total. The van der Waals surface area contributed by atoms with E-state index in [2.05, 4.69) is 9.80 Å². The normalized spacial score (nSPS) is 16.6. The van der Waals surface area contributed by atoms with Gasteiger partial charge >= 0.3 is 0 Å². The van der Waals surface area contributed by atoms with Gasteiger partial charge in [-0.25, -0.2) is 8.78 Å². The molecule has 25 heavy (non-hydrogen) atoms. The molecule has 1 fully saturated rings. The number of nitrogens with zero attached hydrogens (tertiary/aromatic N) is 2. The summed E-state index contributed by atoms with van der Waals surface area (Å²) < 4.78 is 31.5. The van der Waals surface area contributed by atoms with Crippen LogP contribution in [0.3, 0.4) is 0 Å². The van der Waals surface area contributed by atoms with Gasteiger partial charge in [-0.3, -0.25) is 9.80 Å². The van der Waals surface area contributed by atoms with Crippen LogP contribution in [0.2, 0.25) is 0 Å². The third kappa shape index (κ3) is 5.80. The van der Waals surface area contributed by atoms with Gasteiger partial charge in [0.1, 0.15) is 24.0 Å². The summed E-state index contributed by atoms with van der Waals surface area (Å²) in [5, 5.41) is 0. The minimum absolute atomic E-state index is 0.188. The smallest absolute Gasteiger partial charge is 0.123 e. The van der Waals surface area contributed by atoms with Crippen LogP contribution in [0.4, 0.5) is 8.78 Å². The maximum atomic E-state index is 13.0. The van der Waals surface area contributed by atoms with Crippen molar-refractivity contribution in [3.8, 4) is 5.75 Å². The average molecular weight is 346 g/mol. The highest BCUT2D eigenvalue weighted by molar-refractivity contribution is 5.22. The number of rotatable bonds is 6. The zero-order chi connectivity index (χ0) is 17.5. The molecule has 0 saturated carbocycles. The fraction of sp³-hybridized carbons (Fsp3) is 0.400. The molecule has 1 aliphatic rings. The van der Waals surface area contributed by atoms with Crippen molar-refractivity contribution in [1.29, 1.82) is 0 Å². The number of benzene rings is 2. The van der Waals surface area contributed by atoms with Crippen LogP contribution in [0.25, 0.3) is 0 Å². The van der Waals surface area contributed by atoms with E-state index in [1.807, 2.05) is 12.1 Å². The molecule has 0 unspecified atom stereocenters. The fourth-order valence-electron chi connectivity index (χ4n) is 3.08. The maximum Gasteiger partial charge on any atom is 0.123 e. The van der Waals surface area contributed by atoms with E-state index in [9.17, 15) is 8.78 Å². The molecular formula is C20H24F2N2O. The molecule has 0 amide bonds. The predicted molar refractivity (Wildman–Crippen MR) is 94.6 cm³/mol. The molecule has 1 aliphatic heterocycles. The Morgan fingerprint density at radius 1 is 0.760 bits per heavy atom. The van der Waals surface area contributed by atoms with Crippen molar-refractivity contribution in [1.82, 2.24) is 9.80 Å². The van der Waals surface area contributed by atoms with Crippen LogP contribution >= 0.6 is 0 Å². The summed E-state index contributed by atoms with van der Waals surface area (Å²) in [6.45, 7) is 6.41. The van der Waals surface area contributed by atoms with Crippen LogP contribution in [0.5, 0.6) is 5.75 Å². The van der Waals surface area contributed by atoms with Crippen molar-refractivity contribution in [3.05, 3.63) is 65.7 Å². The second-order valence-electron chi connectivity index (χ2n) is 6.40. The summed E-state index contributed by atoms with van der Waals surface area (Å²) in [5.74, 6) is 0.266. The first-order valence-corrected chi connectivity index (χ1v) is 8.76. The van der Waals surface area contributed by atoms with E-state index in [0.29, 0.717) is 12.4 Å². The molecule has 2 aromatic rings. The Morgan fingerprint density at radius 3 is 2.08 bits per heavy atom. The number of ether oxygens (including phenoxy) is 1. The molecule has 0 bridgehead atoms. The first-order chi connectivity index (χ1) is 12.2. The minimum Gasteiger partial charge on any atom is -0.492 e. The van der Waals surface area contributed by atoms with Gasteiger partial charge in [-0.05, 0) is 61.5 Å². The van der Waals surface area contributed by atoms with Crippen molar-refractivity contribution in [3.63, 3.8) is 0 Å². The zero-order valence-corrected chi connectivity index (χ0v) is 14.3. The van der Waals surface area contributed by atoms with Crippen LogP contribution in [0.1, 0.15) is 12.0 Å². The van der Waals surface area contributed by atoms with Crippen molar-refractivity contribution >= 4 is 0 Å². The quantitative estimate of drug-likeness (QED) is 0.796. The van der Waals surface area contributed by atoms with E-state index in [0.717, 1.165) is 51.3 Å². The first kappa shape index (κ1) is 17.8. The van der Waals surface area contributed by atoms with Crippen LogP contribution in [0.15, 0.2) is 48.5 Å². The number of hydrogen-bond donors (Lipinski definition) is 0. The molecular weight excluding hydrogens is 322 g/mol. The Balaban J connectivity index is 1.40. The van der Waals surface area contributed by atoms with Crippen LogP contribution in [-0.2, 0) is 6.54 Å². The molecule has 0 aromatic heterocycles. The Labute approximate surface area is 147 Å². The van der Waals surface area contributed by atoms with Gasteiger partial charge < -0.3 is 4.74 Å². The van der Waals surface area contributed by atoms with E-state index in [-0.39, 0.29) is 11.6 Å². The van der Waals surface area contributed by atoms with Gasteiger partial charge in [0.15, 0.2) is 0 Å². The Hall–Kier alpha value is -1.98. The summed E-state index contributed by atoms with van der Waals surface area (Å²) in [7, 11) is 0. The molecule has 3 rings (SSSR count). The monoisotopic (exact) mass is 346 g/mol. The SMILES string of the molecule is Fc1ccc(CN2CCCN(CCOc3ccc(F)cc3)CC2)cc1. The van der Waals surface area contributed by atoms with Crippen molar-refractivity contribution < 1.29 is 13.5 Å². The Kier molecular flexibility index (Phi) is 6.36. The molecule has 1 saturated heterocycles. The standard InChI is InChI=1S/C20H24F2N2O/c21-18-4-2-17(3-5-18)16-24-11-1-10-23(12-13-24)14-15-25-20-8-6-19(22)7-9-20/h2-9H,1,10-16H2. The van der Waals surface area contributed by atoms with Crippen LogP contribution in [0, 0.1) is 11.6 Å². The van der Waals surface area contributed by atoms with Crippen molar-refractivity contribution in [2.45, 2.75) is 13.0 Å². The Morgan fingerprint density at radius 2 is 1.36 bits per heavy atom. The van der Waals surface area contributed by atoms with Crippen LogP contribution in [-0.4, -0.2) is 49.1 Å². The maximum absolute atomic E-state index is 13.0. The molecule has 0 aliphatic carbocycles. The lowest BCUT2D eigenvalue weighted by Gasteiger charge is -2.22. The highest BCUT2D eigenvalue weighted by atomic mass is 19.1. The molecule has 3 nitrogen and oxygen atoms in total. The molecule has 1 heterocycles. The molecule has 5 heteroatoms. The lowest BCUT2D eigenvalue weighted by Crippen LogP contribution is -2.33. The van der Waals surface area contributed by atoms with E-state index in [1.165, 1.54) is 24.3 Å². The summed E-state index contributed by atoms with van der Waals surface area (Å²) in [6.07, 6.45) is 1.11. The highest BCUT2D eigenvalue weighted by Crippen LogP contribution is 2.12. The lowest BCUT2D eigenvalue weighted by atomic mass is 10.2. The van der Waals surface area contributed by atoms with Gasteiger partial charge in [-0.2, -0.15) is 0 Å². The van der Waals surface area contributed by atoms with Gasteiger partial charge in [0.2, 0.25) is 0 Å². The third-order valence-electron chi connectivity index (χ3n) is 4.49. The number of hydrogen-bond acceptors (Lipinski definition) is 3. The molecule has 0 radical (unpaired) electrons. The van der Waals surface area contributed by atoms with Crippen molar-refractivity contribution in [2.75, 3.05) is 39.3 Å². The molecule has 134 valence electrons. The van der Waals surface area contributed by atoms with E-state index in [1.54, 1.807) is 12.1 Å². The second-order valence-corrected chi connectivity index (χ2v) is 6.40. The number of halogens is 2. The summed E-state index contributed by atoms with van der Waals surface area (Å²) in [4.78, 5) is 4.81. The van der Waals surface area contributed by atoms with Crippen LogP contribution < -0.4 is 4.74 Å².